The highest BCUT2D eigenvalue weighted by Gasteiger charge is 2.30. The molecule has 0 saturated carbocycles. The molecule has 0 saturated heterocycles. The van der Waals surface area contributed by atoms with Crippen LogP contribution in [0.2, 0.25) is 0 Å². The second-order valence-electron chi connectivity index (χ2n) is 4.70. The number of halogens is 2. The molecule has 0 N–H and O–H groups in total. The number of ketones is 1. The maximum atomic E-state index is 13.3. The minimum atomic E-state index is -0.520. The Morgan fingerprint density at radius 3 is 2.76 bits per heavy atom. The molecule has 2 heterocycles. The van der Waals surface area contributed by atoms with Gasteiger partial charge in [-0.05, 0) is 46.3 Å². The normalized spacial score (nSPS) is 12.6. The van der Waals surface area contributed by atoms with E-state index in [4.69, 9.17) is 0 Å². The van der Waals surface area contributed by atoms with E-state index < -0.39 is 11.6 Å². The van der Waals surface area contributed by atoms with Gasteiger partial charge in [0.2, 0.25) is 5.78 Å². The zero-order chi connectivity index (χ0) is 14.7. The molecule has 21 heavy (non-hydrogen) atoms. The van der Waals surface area contributed by atoms with Crippen molar-refractivity contribution in [3.63, 3.8) is 0 Å². The lowest BCUT2D eigenvalue weighted by Crippen LogP contribution is -2.21. The fraction of sp³-hybridized carbons (Fsp3) is 0. The summed E-state index contributed by atoms with van der Waals surface area (Å²) in [7, 11) is 0. The fourth-order valence-electron chi connectivity index (χ4n) is 2.57. The number of fused-ring (bicyclic) bond motifs is 4. The molecule has 0 atom stereocenters. The molecule has 0 spiro atoms. The zero-order valence-corrected chi connectivity index (χ0v) is 12.0. The fourth-order valence-corrected chi connectivity index (χ4v) is 3.10. The van der Waals surface area contributed by atoms with Crippen molar-refractivity contribution in [1.82, 2.24) is 9.55 Å². The third kappa shape index (κ3) is 1.56. The molecule has 1 aliphatic heterocycles. The molecule has 102 valence electrons. The van der Waals surface area contributed by atoms with Gasteiger partial charge in [0.15, 0.2) is 5.82 Å². The van der Waals surface area contributed by atoms with Gasteiger partial charge in [-0.3, -0.25) is 14.2 Å². The quantitative estimate of drug-likeness (QED) is 0.493. The average Bonchev–Trinajstić information content (AvgIpc) is 2.73. The van der Waals surface area contributed by atoms with Gasteiger partial charge in [0.25, 0.3) is 5.56 Å². The molecule has 6 heteroatoms. The van der Waals surface area contributed by atoms with Crippen LogP contribution >= 0.6 is 15.9 Å². The summed E-state index contributed by atoms with van der Waals surface area (Å²) in [5.74, 6) is -0.941. The van der Waals surface area contributed by atoms with Crippen molar-refractivity contribution in [2.24, 2.45) is 0 Å². The summed E-state index contributed by atoms with van der Waals surface area (Å²) in [4.78, 5) is 29.3. The van der Waals surface area contributed by atoms with E-state index in [1.807, 2.05) is 0 Å². The van der Waals surface area contributed by atoms with Crippen molar-refractivity contribution in [2.45, 2.75) is 0 Å². The van der Waals surface area contributed by atoms with Crippen molar-refractivity contribution >= 4 is 32.6 Å². The number of carbonyl (C=O) groups excluding carboxylic acids is 1. The van der Waals surface area contributed by atoms with Crippen molar-refractivity contribution in [1.29, 1.82) is 0 Å². The summed E-state index contributed by atoms with van der Waals surface area (Å²) in [5.41, 5.74) is 0.612. The van der Waals surface area contributed by atoms with Crippen molar-refractivity contribution < 1.29 is 9.18 Å². The van der Waals surface area contributed by atoms with Crippen LogP contribution in [0.3, 0.4) is 0 Å². The maximum Gasteiger partial charge on any atom is 0.267 e. The third-order valence-corrected chi connectivity index (χ3v) is 4.15. The molecule has 1 aliphatic rings. The van der Waals surface area contributed by atoms with Gasteiger partial charge in [-0.25, -0.2) is 9.37 Å². The first kappa shape index (κ1) is 12.4. The zero-order valence-electron chi connectivity index (χ0n) is 10.4. The number of nitrogens with zero attached hydrogens (tertiary/aromatic N) is 2. The summed E-state index contributed by atoms with van der Waals surface area (Å²) >= 11 is 3.32. The first-order valence-corrected chi connectivity index (χ1v) is 6.93. The highest BCUT2D eigenvalue weighted by molar-refractivity contribution is 9.10. The first-order valence-electron chi connectivity index (χ1n) is 6.14. The summed E-state index contributed by atoms with van der Waals surface area (Å²) in [6.07, 6.45) is 0. The lowest BCUT2D eigenvalue weighted by Gasteiger charge is -2.06. The van der Waals surface area contributed by atoms with Gasteiger partial charge in [0.1, 0.15) is 5.82 Å². The van der Waals surface area contributed by atoms with Crippen LogP contribution in [0.1, 0.15) is 16.2 Å². The molecule has 4 rings (SSSR count). The Morgan fingerprint density at radius 1 is 1.14 bits per heavy atom. The van der Waals surface area contributed by atoms with Crippen LogP contribution in [0, 0.1) is 5.82 Å². The number of hydrogen-bond acceptors (Lipinski definition) is 3. The van der Waals surface area contributed by atoms with Gasteiger partial charge in [-0.2, -0.15) is 0 Å². The summed E-state index contributed by atoms with van der Waals surface area (Å²) < 4.78 is 15.2. The minimum Gasteiger partial charge on any atom is -0.285 e. The molecule has 0 aliphatic carbocycles. The molecule has 0 fully saturated rings. The molecule has 2 aromatic carbocycles. The Bertz CT molecular complexity index is 1010. The third-order valence-electron chi connectivity index (χ3n) is 3.49. The second-order valence-corrected chi connectivity index (χ2v) is 5.55. The van der Waals surface area contributed by atoms with E-state index in [2.05, 4.69) is 20.9 Å². The lowest BCUT2D eigenvalue weighted by atomic mass is 10.1. The van der Waals surface area contributed by atoms with Gasteiger partial charge < -0.3 is 0 Å². The smallest absolute Gasteiger partial charge is 0.267 e. The van der Waals surface area contributed by atoms with Gasteiger partial charge in [-0.15, -0.1) is 0 Å². The van der Waals surface area contributed by atoms with E-state index in [1.165, 1.54) is 16.7 Å². The molecule has 1 aromatic heterocycles. The summed E-state index contributed by atoms with van der Waals surface area (Å²) in [6, 6.07) is 8.91. The lowest BCUT2D eigenvalue weighted by molar-refractivity contribution is 0.103. The van der Waals surface area contributed by atoms with Crippen LogP contribution < -0.4 is 5.56 Å². The Morgan fingerprint density at radius 2 is 1.95 bits per heavy atom. The monoisotopic (exact) mass is 344 g/mol. The molecule has 4 nitrogen and oxygen atoms in total. The number of benzene rings is 2. The van der Waals surface area contributed by atoms with Gasteiger partial charge >= 0.3 is 0 Å². The van der Waals surface area contributed by atoms with Crippen LogP contribution in [0.15, 0.2) is 45.7 Å². The minimum absolute atomic E-state index is 0.0196. The Balaban J connectivity index is 2.21. The predicted octanol–water partition coefficient (Wildman–Crippen LogP) is 2.83. The van der Waals surface area contributed by atoms with E-state index in [1.54, 1.807) is 18.2 Å². The summed E-state index contributed by atoms with van der Waals surface area (Å²) in [6.45, 7) is 0. The van der Waals surface area contributed by atoms with E-state index in [-0.39, 0.29) is 16.9 Å². The molecular weight excluding hydrogens is 339 g/mol. The number of hydrogen-bond donors (Lipinski definition) is 0. The predicted molar refractivity (Wildman–Crippen MR) is 78.4 cm³/mol. The standard InChI is InChI=1S/C15H6BrFN2O2/c16-9-2-1-3-10-12(9)15(21)19-11-5-4-7(17)6-8(11)13(20)14(19)18-10/h1-6H. The first-order chi connectivity index (χ1) is 10.1. The van der Waals surface area contributed by atoms with E-state index in [0.717, 1.165) is 6.07 Å². The van der Waals surface area contributed by atoms with E-state index in [9.17, 15) is 14.0 Å². The second kappa shape index (κ2) is 4.08. The summed E-state index contributed by atoms with van der Waals surface area (Å²) in [5, 5.41) is 0.395. The largest absolute Gasteiger partial charge is 0.285 e. The van der Waals surface area contributed by atoms with Crippen LogP contribution in [-0.4, -0.2) is 15.3 Å². The van der Waals surface area contributed by atoms with Gasteiger partial charge in [-0.1, -0.05) is 6.07 Å². The number of carbonyl (C=O) groups is 1. The molecule has 0 amide bonds. The van der Waals surface area contributed by atoms with Gasteiger partial charge in [0.05, 0.1) is 22.2 Å². The Kier molecular flexibility index (Phi) is 2.41. The van der Waals surface area contributed by atoms with Crippen molar-refractivity contribution in [3.05, 3.63) is 68.4 Å². The average molecular weight is 345 g/mol. The number of rotatable bonds is 0. The highest BCUT2D eigenvalue weighted by atomic mass is 79.9. The molecule has 0 bridgehead atoms. The van der Waals surface area contributed by atoms with E-state index >= 15 is 0 Å². The van der Waals surface area contributed by atoms with E-state index in [0.29, 0.717) is 21.1 Å². The SMILES string of the molecule is O=C1c2cc(F)ccc2-n2c1nc1cccc(Br)c1c2=O. The van der Waals surface area contributed by atoms with Crippen molar-refractivity contribution in [2.75, 3.05) is 0 Å². The van der Waals surface area contributed by atoms with Crippen LogP contribution in [-0.2, 0) is 0 Å². The molecule has 0 radical (unpaired) electrons. The molecule has 3 aromatic rings. The van der Waals surface area contributed by atoms with Crippen molar-refractivity contribution in [3.8, 4) is 5.69 Å². The molecule has 0 unspecified atom stereocenters. The highest BCUT2D eigenvalue weighted by Crippen LogP contribution is 2.28. The van der Waals surface area contributed by atoms with Crippen LogP contribution in [0.25, 0.3) is 16.6 Å². The molecular formula is C15H6BrFN2O2. The Hall–Kier alpha value is -2.34. The topological polar surface area (TPSA) is 52.0 Å². The van der Waals surface area contributed by atoms with Gasteiger partial charge in [0, 0.05) is 4.47 Å². The van der Waals surface area contributed by atoms with Crippen LogP contribution in [0.5, 0.6) is 0 Å². The Labute approximate surface area is 126 Å². The van der Waals surface area contributed by atoms with Crippen LogP contribution in [0.4, 0.5) is 4.39 Å². The maximum absolute atomic E-state index is 13.3. The number of aromatic nitrogens is 2.